The third kappa shape index (κ3) is 3.56. The fourth-order valence-corrected chi connectivity index (χ4v) is 2.48. The van der Waals surface area contributed by atoms with Crippen molar-refractivity contribution >= 4 is 11.6 Å². The molecule has 23 heavy (non-hydrogen) atoms. The van der Waals surface area contributed by atoms with E-state index in [1.165, 1.54) is 16.7 Å². The SMILES string of the molecule is Cc1ccc(/C(C#N)=C\c2ccc(-c3ccccc3)cc2)cc1. The molecule has 1 nitrogen and oxygen atoms in total. The van der Waals surface area contributed by atoms with Crippen LogP contribution in [0.3, 0.4) is 0 Å². The minimum atomic E-state index is 0.678. The largest absolute Gasteiger partial charge is 0.192 e. The Morgan fingerprint density at radius 1 is 0.783 bits per heavy atom. The lowest BCUT2D eigenvalue weighted by atomic mass is 10.0. The van der Waals surface area contributed by atoms with Crippen molar-refractivity contribution in [2.45, 2.75) is 6.92 Å². The van der Waals surface area contributed by atoms with Crippen LogP contribution in [0.1, 0.15) is 16.7 Å². The summed E-state index contributed by atoms with van der Waals surface area (Å²) in [7, 11) is 0. The first-order valence-corrected chi connectivity index (χ1v) is 7.60. The molecule has 3 aromatic rings. The van der Waals surface area contributed by atoms with Crippen LogP contribution >= 0.6 is 0 Å². The van der Waals surface area contributed by atoms with Gasteiger partial charge in [-0.2, -0.15) is 5.26 Å². The molecule has 0 amide bonds. The third-order valence-corrected chi connectivity index (χ3v) is 3.81. The van der Waals surface area contributed by atoms with Gasteiger partial charge < -0.3 is 0 Å². The topological polar surface area (TPSA) is 23.8 Å². The molecule has 110 valence electrons. The Morgan fingerprint density at radius 3 is 2.00 bits per heavy atom. The Morgan fingerprint density at radius 2 is 1.39 bits per heavy atom. The van der Waals surface area contributed by atoms with E-state index in [0.717, 1.165) is 11.1 Å². The second-order valence-corrected chi connectivity index (χ2v) is 5.52. The first-order valence-electron chi connectivity index (χ1n) is 7.60. The van der Waals surface area contributed by atoms with E-state index < -0.39 is 0 Å². The van der Waals surface area contributed by atoms with Crippen molar-refractivity contribution < 1.29 is 0 Å². The number of allylic oxidation sites excluding steroid dienone is 1. The van der Waals surface area contributed by atoms with Gasteiger partial charge >= 0.3 is 0 Å². The lowest BCUT2D eigenvalue weighted by Gasteiger charge is -2.03. The maximum Gasteiger partial charge on any atom is 0.0998 e. The van der Waals surface area contributed by atoms with E-state index >= 15 is 0 Å². The van der Waals surface area contributed by atoms with Gasteiger partial charge in [0.1, 0.15) is 0 Å². The fourth-order valence-electron chi connectivity index (χ4n) is 2.48. The summed E-state index contributed by atoms with van der Waals surface area (Å²) in [6.45, 7) is 2.04. The molecule has 0 N–H and O–H groups in total. The van der Waals surface area contributed by atoms with Crippen LogP contribution in [0.15, 0.2) is 78.9 Å². The summed E-state index contributed by atoms with van der Waals surface area (Å²) in [6, 6.07) is 28.9. The van der Waals surface area contributed by atoms with Gasteiger partial charge in [-0.3, -0.25) is 0 Å². The summed E-state index contributed by atoms with van der Waals surface area (Å²) in [6.07, 6.45) is 1.93. The molecule has 0 unspecified atom stereocenters. The fraction of sp³-hybridized carbons (Fsp3) is 0.0455. The van der Waals surface area contributed by atoms with Crippen molar-refractivity contribution in [3.05, 3.63) is 95.6 Å². The minimum absolute atomic E-state index is 0.678. The zero-order chi connectivity index (χ0) is 16.1. The van der Waals surface area contributed by atoms with Gasteiger partial charge in [0.15, 0.2) is 0 Å². The van der Waals surface area contributed by atoms with Gasteiger partial charge in [0.05, 0.1) is 11.6 Å². The molecule has 0 aliphatic carbocycles. The van der Waals surface area contributed by atoms with Crippen LogP contribution in [0.2, 0.25) is 0 Å². The molecule has 0 spiro atoms. The average molecular weight is 295 g/mol. The monoisotopic (exact) mass is 295 g/mol. The quantitative estimate of drug-likeness (QED) is 0.447. The number of rotatable bonds is 3. The summed E-state index contributed by atoms with van der Waals surface area (Å²) < 4.78 is 0. The molecule has 1 heteroatoms. The van der Waals surface area contributed by atoms with Gasteiger partial charge in [-0.25, -0.2) is 0 Å². The van der Waals surface area contributed by atoms with E-state index in [2.05, 4.69) is 30.3 Å². The van der Waals surface area contributed by atoms with E-state index in [0.29, 0.717) is 5.57 Å². The molecule has 3 aromatic carbocycles. The number of benzene rings is 3. The van der Waals surface area contributed by atoms with Crippen molar-refractivity contribution in [1.82, 2.24) is 0 Å². The second kappa shape index (κ2) is 6.77. The van der Waals surface area contributed by atoms with Gasteiger partial charge in [0.2, 0.25) is 0 Å². The molecule has 0 saturated carbocycles. The Hall–Kier alpha value is -3.11. The number of hydrogen-bond donors (Lipinski definition) is 0. The van der Waals surface area contributed by atoms with Crippen LogP contribution in [-0.2, 0) is 0 Å². The first kappa shape index (κ1) is 14.8. The van der Waals surface area contributed by atoms with Crippen molar-refractivity contribution in [2.24, 2.45) is 0 Å². The molecule has 0 fully saturated rings. The summed E-state index contributed by atoms with van der Waals surface area (Å²) in [5, 5.41) is 9.42. The second-order valence-electron chi connectivity index (χ2n) is 5.52. The molecule has 0 radical (unpaired) electrons. The lowest BCUT2D eigenvalue weighted by Crippen LogP contribution is -1.83. The highest BCUT2D eigenvalue weighted by molar-refractivity contribution is 5.89. The lowest BCUT2D eigenvalue weighted by molar-refractivity contribution is 1.45. The molecular weight excluding hydrogens is 278 g/mol. The van der Waals surface area contributed by atoms with Crippen molar-refractivity contribution in [3.63, 3.8) is 0 Å². The third-order valence-electron chi connectivity index (χ3n) is 3.81. The van der Waals surface area contributed by atoms with Gasteiger partial charge in [-0.1, -0.05) is 84.4 Å². The van der Waals surface area contributed by atoms with E-state index in [9.17, 15) is 5.26 Å². The van der Waals surface area contributed by atoms with Crippen LogP contribution in [0.5, 0.6) is 0 Å². The van der Waals surface area contributed by atoms with Gasteiger partial charge in [-0.15, -0.1) is 0 Å². The summed E-state index contributed by atoms with van der Waals surface area (Å²) in [5.41, 5.74) is 6.22. The highest BCUT2D eigenvalue weighted by atomic mass is 14.2. The zero-order valence-corrected chi connectivity index (χ0v) is 13.0. The minimum Gasteiger partial charge on any atom is -0.192 e. The molecule has 0 aliphatic heterocycles. The Balaban J connectivity index is 1.89. The average Bonchev–Trinajstić information content (AvgIpc) is 2.62. The number of nitriles is 1. The first-order chi connectivity index (χ1) is 11.3. The highest BCUT2D eigenvalue weighted by Gasteiger charge is 2.01. The smallest absolute Gasteiger partial charge is 0.0998 e. The van der Waals surface area contributed by atoms with Gasteiger partial charge in [-0.05, 0) is 35.3 Å². The normalized spacial score (nSPS) is 11.0. The van der Waals surface area contributed by atoms with Crippen LogP contribution < -0.4 is 0 Å². The van der Waals surface area contributed by atoms with Crippen molar-refractivity contribution in [2.75, 3.05) is 0 Å². The van der Waals surface area contributed by atoms with E-state index in [-0.39, 0.29) is 0 Å². The van der Waals surface area contributed by atoms with Crippen LogP contribution in [0.4, 0.5) is 0 Å². The Labute approximate surface area is 137 Å². The van der Waals surface area contributed by atoms with E-state index in [1.807, 2.05) is 67.6 Å². The van der Waals surface area contributed by atoms with E-state index in [4.69, 9.17) is 0 Å². The van der Waals surface area contributed by atoms with Crippen LogP contribution in [0, 0.1) is 18.3 Å². The highest BCUT2D eigenvalue weighted by Crippen LogP contribution is 2.22. The number of hydrogen-bond acceptors (Lipinski definition) is 1. The van der Waals surface area contributed by atoms with Crippen molar-refractivity contribution in [3.8, 4) is 17.2 Å². The van der Waals surface area contributed by atoms with Gasteiger partial charge in [0.25, 0.3) is 0 Å². The molecule has 0 saturated heterocycles. The van der Waals surface area contributed by atoms with Crippen LogP contribution in [-0.4, -0.2) is 0 Å². The molecular formula is C22H17N. The molecule has 3 rings (SSSR count). The summed E-state index contributed by atoms with van der Waals surface area (Å²) in [4.78, 5) is 0. The number of aryl methyl sites for hydroxylation is 1. The Bertz CT molecular complexity index is 849. The maximum absolute atomic E-state index is 9.42. The summed E-state index contributed by atoms with van der Waals surface area (Å²) in [5.74, 6) is 0. The van der Waals surface area contributed by atoms with E-state index in [1.54, 1.807) is 0 Å². The van der Waals surface area contributed by atoms with Gasteiger partial charge in [0, 0.05) is 0 Å². The summed E-state index contributed by atoms with van der Waals surface area (Å²) >= 11 is 0. The standard InChI is InChI=1S/C22H17N/c1-17-7-11-21(12-8-17)22(16-23)15-18-9-13-20(14-10-18)19-5-3-2-4-6-19/h2-15H,1H3/b22-15-. The maximum atomic E-state index is 9.42. The molecule has 0 bridgehead atoms. The van der Waals surface area contributed by atoms with Crippen LogP contribution in [0.25, 0.3) is 22.8 Å². The molecule has 0 aliphatic rings. The van der Waals surface area contributed by atoms with Crippen molar-refractivity contribution in [1.29, 1.82) is 5.26 Å². The molecule has 0 atom stereocenters. The predicted octanol–water partition coefficient (Wildman–Crippen LogP) is 5.73. The number of nitrogens with zero attached hydrogens (tertiary/aromatic N) is 1. The zero-order valence-electron chi connectivity index (χ0n) is 13.0. The molecule has 0 aromatic heterocycles. The molecule has 0 heterocycles. The Kier molecular flexibility index (Phi) is 4.36. The predicted molar refractivity (Wildman–Crippen MR) is 96.5 cm³/mol.